The molecule has 0 aromatic heterocycles. The van der Waals surface area contributed by atoms with Crippen molar-refractivity contribution in [2.75, 3.05) is 0 Å². The van der Waals surface area contributed by atoms with Crippen molar-refractivity contribution < 1.29 is 14.4 Å². The Morgan fingerprint density at radius 1 is 1.24 bits per heavy atom. The first-order chi connectivity index (χ1) is 7.95. The lowest BCUT2D eigenvalue weighted by atomic mass is 10.0. The molecule has 90 valence electrons. The largest absolute Gasteiger partial charge is 0.294 e. The maximum atomic E-state index is 11.7. The maximum Gasteiger partial charge on any atom is 0.206 e. The fraction of sp³-hybridized carbons (Fsp3) is 0.250. The van der Waals surface area contributed by atoms with Gasteiger partial charge in [-0.25, -0.2) is 0 Å². The van der Waals surface area contributed by atoms with Crippen LogP contribution in [0.2, 0.25) is 5.02 Å². The Balaban J connectivity index is 2.84. The second-order valence-electron chi connectivity index (χ2n) is 3.42. The molecule has 0 fully saturated rings. The highest BCUT2D eigenvalue weighted by atomic mass is 79.9. The lowest BCUT2D eigenvalue weighted by Crippen LogP contribution is -2.17. The molecule has 0 heterocycles. The summed E-state index contributed by atoms with van der Waals surface area (Å²) in [6.07, 6.45) is -0.311. The summed E-state index contributed by atoms with van der Waals surface area (Å²) >= 11 is 9.09. The minimum atomic E-state index is -0.670. The minimum Gasteiger partial charge on any atom is -0.294 e. The summed E-state index contributed by atoms with van der Waals surface area (Å²) in [6, 6.07) is 4.75. The van der Waals surface area contributed by atoms with Crippen LogP contribution in [0.1, 0.15) is 30.1 Å². The van der Waals surface area contributed by atoms with Crippen molar-refractivity contribution >= 4 is 44.9 Å². The van der Waals surface area contributed by atoms with Gasteiger partial charge in [0.25, 0.3) is 0 Å². The monoisotopic (exact) mass is 316 g/mol. The number of carbonyl (C=O) groups excluding carboxylic acids is 3. The Labute approximate surface area is 112 Å². The van der Waals surface area contributed by atoms with Crippen LogP contribution >= 0.6 is 27.5 Å². The van der Waals surface area contributed by atoms with Gasteiger partial charge in [0.05, 0.1) is 11.4 Å². The van der Waals surface area contributed by atoms with Gasteiger partial charge in [-0.1, -0.05) is 34.5 Å². The van der Waals surface area contributed by atoms with E-state index in [9.17, 15) is 14.4 Å². The number of hydrogen-bond acceptors (Lipinski definition) is 3. The predicted molar refractivity (Wildman–Crippen MR) is 68.4 cm³/mol. The molecule has 0 aliphatic carbocycles. The summed E-state index contributed by atoms with van der Waals surface area (Å²) in [4.78, 5) is 34.1. The van der Waals surface area contributed by atoms with Crippen LogP contribution in [0.15, 0.2) is 22.7 Å². The number of carbonyl (C=O) groups is 3. The molecular formula is C12H10BrClO3. The minimum absolute atomic E-state index is 0.111. The van der Waals surface area contributed by atoms with Gasteiger partial charge in [0, 0.05) is 16.5 Å². The first-order valence-electron chi connectivity index (χ1n) is 5.00. The van der Waals surface area contributed by atoms with E-state index in [-0.39, 0.29) is 17.0 Å². The van der Waals surface area contributed by atoms with E-state index in [0.29, 0.717) is 0 Å². The first kappa shape index (κ1) is 14.1. The van der Waals surface area contributed by atoms with Crippen molar-refractivity contribution in [1.29, 1.82) is 0 Å². The van der Waals surface area contributed by atoms with Gasteiger partial charge < -0.3 is 0 Å². The number of halogens is 2. The fourth-order valence-electron chi connectivity index (χ4n) is 1.25. The lowest BCUT2D eigenvalue weighted by molar-refractivity contribution is -0.135. The van der Waals surface area contributed by atoms with Crippen molar-refractivity contribution in [1.82, 2.24) is 0 Å². The molecule has 0 amide bonds. The molecule has 0 aliphatic heterocycles. The van der Waals surface area contributed by atoms with Crippen LogP contribution in [-0.2, 0) is 9.59 Å². The molecule has 0 N–H and O–H groups in total. The highest BCUT2D eigenvalue weighted by molar-refractivity contribution is 9.10. The summed E-state index contributed by atoms with van der Waals surface area (Å²) in [6.45, 7) is 1.58. The van der Waals surface area contributed by atoms with Gasteiger partial charge in [-0.3, -0.25) is 14.4 Å². The molecule has 1 aromatic rings. The molecule has 0 atom stereocenters. The van der Waals surface area contributed by atoms with Crippen LogP contribution in [0.5, 0.6) is 0 Å². The lowest BCUT2D eigenvalue weighted by Gasteiger charge is -2.03. The average molecular weight is 318 g/mol. The van der Waals surface area contributed by atoms with Crippen LogP contribution in [-0.4, -0.2) is 17.3 Å². The molecular weight excluding hydrogens is 307 g/mol. The molecule has 0 saturated heterocycles. The zero-order valence-corrected chi connectivity index (χ0v) is 11.5. The molecule has 0 aliphatic rings. The molecule has 0 saturated carbocycles. The van der Waals surface area contributed by atoms with Gasteiger partial charge in [-0.05, 0) is 18.2 Å². The number of ketones is 3. The average Bonchev–Trinajstić information content (AvgIpc) is 2.27. The highest BCUT2D eigenvalue weighted by Gasteiger charge is 2.18. The van der Waals surface area contributed by atoms with E-state index in [2.05, 4.69) is 15.9 Å². The van der Waals surface area contributed by atoms with Gasteiger partial charge in [-0.2, -0.15) is 0 Å². The quantitative estimate of drug-likeness (QED) is 0.476. The molecule has 0 radical (unpaired) electrons. The van der Waals surface area contributed by atoms with Crippen molar-refractivity contribution in [2.45, 2.75) is 19.8 Å². The Kier molecular flexibility index (Phi) is 5.02. The van der Waals surface area contributed by atoms with Gasteiger partial charge in [0.1, 0.15) is 0 Å². The predicted octanol–water partition coefficient (Wildman–Crippen LogP) is 3.22. The fourth-order valence-corrected chi connectivity index (χ4v) is 2.03. The van der Waals surface area contributed by atoms with E-state index >= 15 is 0 Å². The van der Waals surface area contributed by atoms with Crippen LogP contribution in [0, 0.1) is 0 Å². The Hall–Kier alpha value is -1.000. The van der Waals surface area contributed by atoms with E-state index in [1.54, 1.807) is 19.1 Å². The molecule has 1 aromatic carbocycles. The van der Waals surface area contributed by atoms with E-state index in [1.807, 2.05) is 0 Å². The van der Waals surface area contributed by atoms with Gasteiger partial charge in [0.2, 0.25) is 5.78 Å². The first-order valence-corrected chi connectivity index (χ1v) is 6.17. The van der Waals surface area contributed by atoms with Crippen LogP contribution in [0.3, 0.4) is 0 Å². The van der Waals surface area contributed by atoms with Crippen molar-refractivity contribution in [2.24, 2.45) is 0 Å². The number of Topliss-reactive ketones (excluding diaryl/α,β-unsaturated/α-hetero) is 3. The summed E-state index contributed by atoms with van der Waals surface area (Å²) in [5, 5.41) is 0.265. The smallest absolute Gasteiger partial charge is 0.206 e. The molecule has 5 heteroatoms. The second-order valence-corrected chi connectivity index (χ2v) is 4.75. The SMILES string of the molecule is CCC(=O)C(=O)CC(=O)c1ccc(Br)cc1Cl. The standard InChI is InChI=1S/C12H10BrClO3/c1-2-10(15)12(17)6-11(16)8-4-3-7(13)5-9(8)14/h3-5H,2,6H2,1H3. The Morgan fingerprint density at radius 2 is 1.88 bits per heavy atom. The molecule has 0 unspecified atom stereocenters. The topological polar surface area (TPSA) is 51.2 Å². The number of benzene rings is 1. The Morgan fingerprint density at radius 3 is 2.41 bits per heavy atom. The van der Waals surface area contributed by atoms with E-state index in [1.165, 1.54) is 6.07 Å². The third kappa shape index (κ3) is 3.75. The maximum absolute atomic E-state index is 11.7. The summed E-state index contributed by atoms with van der Waals surface area (Å²) in [5.74, 6) is -1.64. The second kappa shape index (κ2) is 6.07. The summed E-state index contributed by atoms with van der Waals surface area (Å²) in [5.41, 5.74) is 0.257. The molecule has 0 bridgehead atoms. The van der Waals surface area contributed by atoms with Crippen molar-refractivity contribution in [3.05, 3.63) is 33.3 Å². The molecule has 17 heavy (non-hydrogen) atoms. The molecule has 1 rings (SSSR count). The van der Waals surface area contributed by atoms with E-state index in [0.717, 1.165) is 4.47 Å². The third-order valence-corrected chi connectivity index (χ3v) is 2.99. The zero-order chi connectivity index (χ0) is 13.0. The van der Waals surface area contributed by atoms with E-state index in [4.69, 9.17) is 11.6 Å². The highest BCUT2D eigenvalue weighted by Crippen LogP contribution is 2.22. The van der Waals surface area contributed by atoms with Gasteiger partial charge >= 0.3 is 0 Å². The normalized spacial score (nSPS) is 10.1. The molecule has 3 nitrogen and oxygen atoms in total. The van der Waals surface area contributed by atoms with Crippen LogP contribution in [0.4, 0.5) is 0 Å². The zero-order valence-electron chi connectivity index (χ0n) is 9.13. The summed E-state index contributed by atoms with van der Waals surface area (Å²) < 4.78 is 0.745. The summed E-state index contributed by atoms with van der Waals surface area (Å²) in [7, 11) is 0. The van der Waals surface area contributed by atoms with Gasteiger partial charge in [-0.15, -0.1) is 0 Å². The Bertz CT molecular complexity index is 483. The van der Waals surface area contributed by atoms with Crippen molar-refractivity contribution in [3.8, 4) is 0 Å². The van der Waals surface area contributed by atoms with Crippen molar-refractivity contribution in [3.63, 3.8) is 0 Å². The van der Waals surface area contributed by atoms with Crippen LogP contribution < -0.4 is 0 Å². The van der Waals surface area contributed by atoms with E-state index < -0.39 is 23.8 Å². The number of hydrogen-bond donors (Lipinski definition) is 0. The number of rotatable bonds is 5. The third-order valence-electron chi connectivity index (χ3n) is 2.18. The molecule has 0 spiro atoms. The van der Waals surface area contributed by atoms with Crippen LogP contribution in [0.25, 0.3) is 0 Å². The van der Waals surface area contributed by atoms with Gasteiger partial charge in [0.15, 0.2) is 11.6 Å².